The Morgan fingerprint density at radius 1 is 1.20 bits per heavy atom. The number of nitrogens with one attached hydrogen (secondary N) is 1. The summed E-state index contributed by atoms with van der Waals surface area (Å²) in [6, 6.07) is 10.7. The van der Waals surface area contributed by atoms with E-state index in [1.807, 2.05) is 0 Å². The van der Waals surface area contributed by atoms with Crippen LogP contribution in [-0.4, -0.2) is 21.3 Å². The number of aryl methyl sites for hydroxylation is 1. The van der Waals surface area contributed by atoms with E-state index < -0.39 is 0 Å². The number of nitrogens with zero attached hydrogens (tertiary/aromatic N) is 3. The van der Waals surface area contributed by atoms with Crippen molar-refractivity contribution in [2.45, 2.75) is 39.8 Å². The molecule has 2 rings (SSSR count). The SMILES string of the molecule is CCn1cnnc1CNCC(c1ccccc1)C(C)C. The summed E-state index contributed by atoms with van der Waals surface area (Å²) >= 11 is 0. The van der Waals surface area contributed by atoms with Crippen molar-refractivity contribution < 1.29 is 0 Å². The number of hydrogen-bond donors (Lipinski definition) is 1. The Bertz CT molecular complexity index is 504. The Balaban J connectivity index is 1.94. The van der Waals surface area contributed by atoms with Crippen LogP contribution < -0.4 is 5.32 Å². The molecule has 1 aromatic heterocycles. The fraction of sp³-hybridized carbons (Fsp3) is 0.500. The summed E-state index contributed by atoms with van der Waals surface area (Å²) in [5, 5.41) is 11.6. The second-order valence-electron chi connectivity index (χ2n) is 5.43. The van der Waals surface area contributed by atoms with Crippen LogP contribution in [0.15, 0.2) is 36.7 Å². The molecule has 20 heavy (non-hydrogen) atoms. The lowest BCUT2D eigenvalue weighted by molar-refractivity contribution is 0.455. The van der Waals surface area contributed by atoms with E-state index in [0.29, 0.717) is 11.8 Å². The Morgan fingerprint density at radius 2 is 1.95 bits per heavy atom. The molecule has 1 heterocycles. The Labute approximate surface area is 121 Å². The molecule has 4 heteroatoms. The zero-order valence-corrected chi connectivity index (χ0v) is 12.6. The molecule has 108 valence electrons. The smallest absolute Gasteiger partial charge is 0.146 e. The summed E-state index contributed by atoms with van der Waals surface area (Å²) in [5.41, 5.74) is 1.40. The average Bonchev–Trinajstić information content (AvgIpc) is 2.91. The van der Waals surface area contributed by atoms with Gasteiger partial charge in [-0.25, -0.2) is 0 Å². The van der Waals surface area contributed by atoms with Crippen LogP contribution in [-0.2, 0) is 13.1 Å². The minimum Gasteiger partial charge on any atom is -0.317 e. The average molecular weight is 272 g/mol. The molecule has 0 radical (unpaired) electrons. The van der Waals surface area contributed by atoms with Crippen molar-refractivity contribution in [3.05, 3.63) is 48.0 Å². The third-order valence-electron chi connectivity index (χ3n) is 3.72. The zero-order chi connectivity index (χ0) is 14.4. The van der Waals surface area contributed by atoms with Gasteiger partial charge in [-0.1, -0.05) is 44.2 Å². The van der Waals surface area contributed by atoms with E-state index in [9.17, 15) is 0 Å². The van der Waals surface area contributed by atoms with Crippen LogP contribution in [0.2, 0.25) is 0 Å². The Hall–Kier alpha value is -1.68. The molecule has 0 amide bonds. The highest BCUT2D eigenvalue weighted by molar-refractivity contribution is 5.20. The van der Waals surface area contributed by atoms with Gasteiger partial charge in [0.15, 0.2) is 0 Å². The van der Waals surface area contributed by atoms with Crippen molar-refractivity contribution in [2.24, 2.45) is 5.92 Å². The maximum Gasteiger partial charge on any atom is 0.146 e. The molecule has 0 aliphatic rings. The minimum absolute atomic E-state index is 0.522. The van der Waals surface area contributed by atoms with Crippen LogP contribution in [0.1, 0.15) is 38.1 Å². The standard InChI is InChI=1S/C16H24N4/c1-4-20-12-18-19-16(20)11-17-10-15(13(2)3)14-8-6-5-7-9-14/h5-9,12-13,15,17H,4,10-11H2,1-3H3. The summed E-state index contributed by atoms with van der Waals surface area (Å²) in [4.78, 5) is 0. The van der Waals surface area contributed by atoms with Crippen LogP contribution in [0, 0.1) is 5.92 Å². The summed E-state index contributed by atoms with van der Waals surface area (Å²) in [7, 11) is 0. The third kappa shape index (κ3) is 3.67. The molecule has 0 fully saturated rings. The molecule has 1 unspecified atom stereocenters. The lowest BCUT2D eigenvalue weighted by Crippen LogP contribution is -2.25. The van der Waals surface area contributed by atoms with Crippen molar-refractivity contribution in [3.8, 4) is 0 Å². The van der Waals surface area contributed by atoms with E-state index in [4.69, 9.17) is 0 Å². The predicted octanol–water partition coefficient (Wildman–Crippen LogP) is 2.83. The van der Waals surface area contributed by atoms with Crippen LogP contribution in [0.5, 0.6) is 0 Å². The summed E-state index contributed by atoms with van der Waals surface area (Å²) in [5.74, 6) is 2.13. The topological polar surface area (TPSA) is 42.7 Å². The van der Waals surface area contributed by atoms with Gasteiger partial charge in [0.1, 0.15) is 12.2 Å². The van der Waals surface area contributed by atoms with Gasteiger partial charge in [0.2, 0.25) is 0 Å². The highest BCUT2D eigenvalue weighted by Gasteiger charge is 2.15. The quantitative estimate of drug-likeness (QED) is 0.843. The van der Waals surface area contributed by atoms with Crippen molar-refractivity contribution in [1.29, 1.82) is 0 Å². The van der Waals surface area contributed by atoms with Gasteiger partial charge in [-0.05, 0) is 24.3 Å². The first-order valence-corrected chi connectivity index (χ1v) is 7.34. The van der Waals surface area contributed by atoms with Gasteiger partial charge < -0.3 is 9.88 Å². The third-order valence-corrected chi connectivity index (χ3v) is 3.72. The van der Waals surface area contributed by atoms with E-state index in [2.05, 4.69) is 71.2 Å². The molecule has 1 aromatic carbocycles. The molecule has 0 saturated carbocycles. The first kappa shape index (κ1) is 14.7. The van der Waals surface area contributed by atoms with Gasteiger partial charge in [-0.2, -0.15) is 0 Å². The van der Waals surface area contributed by atoms with Crippen LogP contribution in [0.25, 0.3) is 0 Å². The molecular weight excluding hydrogens is 248 g/mol. The normalized spacial score (nSPS) is 12.8. The summed E-state index contributed by atoms with van der Waals surface area (Å²) < 4.78 is 2.07. The van der Waals surface area contributed by atoms with Crippen LogP contribution in [0.3, 0.4) is 0 Å². The van der Waals surface area contributed by atoms with E-state index in [1.54, 1.807) is 6.33 Å². The van der Waals surface area contributed by atoms with E-state index in [1.165, 1.54) is 5.56 Å². The van der Waals surface area contributed by atoms with Crippen molar-refractivity contribution in [1.82, 2.24) is 20.1 Å². The molecule has 0 saturated heterocycles. The Kier molecular flexibility index (Phi) is 5.30. The highest BCUT2D eigenvalue weighted by atomic mass is 15.3. The maximum absolute atomic E-state index is 4.15. The molecule has 0 aliphatic heterocycles. The molecular formula is C16H24N4. The highest BCUT2D eigenvalue weighted by Crippen LogP contribution is 2.23. The molecule has 1 atom stereocenters. The summed E-state index contributed by atoms with van der Waals surface area (Å²) in [6.45, 7) is 9.29. The predicted molar refractivity (Wildman–Crippen MR) is 81.4 cm³/mol. The molecule has 0 spiro atoms. The molecule has 0 aliphatic carbocycles. The zero-order valence-electron chi connectivity index (χ0n) is 12.6. The van der Waals surface area contributed by atoms with Gasteiger partial charge in [0.05, 0.1) is 6.54 Å². The van der Waals surface area contributed by atoms with Gasteiger partial charge in [-0.3, -0.25) is 0 Å². The first-order chi connectivity index (χ1) is 9.72. The summed E-state index contributed by atoms with van der Waals surface area (Å²) in [6.07, 6.45) is 1.79. The molecule has 4 nitrogen and oxygen atoms in total. The number of hydrogen-bond acceptors (Lipinski definition) is 3. The van der Waals surface area contributed by atoms with Gasteiger partial charge in [0.25, 0.3) is 0 Å². The Morgan fingerprint density at radius 3 is 2.60 bits per heavy atom. The second-order valence-corrected chi connectivity index (χ2v) is 5.43. The van der Waals surface area contributed by atoms with Crippen molar-refractivity contribution >= 4 is 0 Å². The van der Waals surface area contributed by atoms with E-state index in [0.717, 1.165) is 25.5 Å². The van der Waals surface area contributed by atoms with Crippen LogP contribution in [0.4, 0.5) is 0 Å². The largest absolute Gasteiger partial charge is 0.317 e. The van der Waals surface area contributed by atoms with E-state index in [-0.39, 0.29) is 0 Å². The van der Waals surface area contributed by atoms with Crippen molar-refractivity contribution in [3.63, 3.8) is 0 Å². The van der Waals surface area contributed by atoms with Crippen LogP contribution >= 0.6 is 0 Å². The fourth-order valence-corrected chi connectivity index (χ4v) is 2.46. The molecule has 1 N–H and O–H groups in total. The first-order valence-electron chi connectivity index (χ1n) is 7.34. The maximum atomic E-state index is 4.15. The lowest BCUT2D eigenvalue weighted by Gasteiger charge is -2.22. The fourth-order valence-electron chi connectivity index (χ4n) is 2.46. The van der Waals surface area contributed by atoms with Gasteiger partial charge >= 0.3 is 0 Å². The van der Waals surface area contributed by atoms with Crippen molar-refractivity contribution in [2.75, 3.05) is 6.54 Å². The lowest BCUT2D eigenvalue weighted by atomic mass is 9.88. The monoisotopic (exact) mass is 272 g/mol. The number of benzene rings is 1. The van der Waals surface area contributed by atoms with Gasteiger partial charge in [-0.15, -0.1) is 10.2 Å². The van der Waals surface area contributed by atoms with Gasteiger partial charge in [0, 0.05) is 13.1 Å². The second kappa shape index (κ2) is 7.20. The molecule has 2 aromatic rings. The van der Waals surface area contributed by atoms with E-state index >= 15 is 0 Å². The molecule has 0 bridgehead atoms. The minimum atomic E-state index is 0.522. The number of rotatable bonds is 7. The number of aromatic nitrogens is 3.